The summed E-state index contributed by atoms with van der Waals surface area (Å²) in [5.74, 6) is -1.15. The second-order valence-corrected chi connectivity index (χ2v) is 12.2. The molecule has 0 saturated carbocycles. The number of phenols is 2. The summed E-state index contributed by atoms with van der Waals surface area (Å²) in [6.45, 7) is 14.7. The predicted octanol–water partition coefficient (Wildman–Crippen LogP) is 7.41. The van der Waals surface area contributed by atoms with Crippen LogP contribution in [-0.4, -0.2) is 34.6 Å². The third kappa shape index (κ3) is 13.2. The van der Waals surface area contributed by atoms with Gasteiger partial charge in [0.2, 0.25) is 0 Å². The minimum absolute atomic E-state index is 0. The summed E-state index contributed by atoms with van der Waals surface area (Å²) in [7, 11) is 0. The molecule has 49 heavy (non-hydrogen) atoms. The van der Waals surface area contributed by atoms with Crippen LogP contribution in [0.4, 0.5) is 11.4 Å². The van der Waals surface area contributed by atoms with E-state index >= 15 is 0 Å². The predicted molar refractivity (Wildman–Crippen MR) is 192 cm³/mol. The minimum atomic E-state index is -1.08. The fourth-order valence-electron chi connectivity index (χ4n) is 5.23. The van der Waals surface area contributed by atoms with Crippen molar-refractivity contribution in [2.75, 3.05) is 0 Å². The molecule has 0 aliphatic heterocycles. The van der Waals surface area contributed by atoms with Crippen LogP contribution in [0.2, 0.25) is 0 Å². The fraction of sp³-hybridized carbons (Fsp3) is 0.350. The first-order chi connectivity index (χ1) is 22.7. The third-order valence-corrected chi connectivity index (χ3v) is 7.32. The first-order valence-electron chi connectivity index (χ1n) is 16.4. The summed E-state index contributed by atoms with van der Waals surface area (Å²) >= 11 is 0. The normalized spacial score (nSPS) is 10.9. The molecule has 9 heteroatoms. The van der Waals surface area contributed by atoms with Crippen molar-refractivity contribution in [3.05, 3.63) is 94.0 Å². The number of carboxylic acids is 2. The first-order valence-corrected chi connectivity index (χ1v) is 16.4. The van der Waals surface area contributed by atoms with Crippen molar-refractivity contribution in [2.45, 2.75) is 92.9 Å². The maximum absolute atomic E-state index is 11.0. The van der Waals surface area contributed by atoms with Crippen LogP contribution in [0.25, 0.3) is 10.8 Å². The molecule has 4 aromatic carbocycles. The number of nitrogens with zero attached hydrogens (tertiary/aromatic N) is 2. The standard InChI is InChI=1S/C36H42N2O2.2C2H4O2.Co/c1-7-11-25-17-28(35(39)30(19-25)23(3)4)21-37-32-15-9-13-27-14-10-16-33(34(27)32)38-22-29-18-26(12-8-2)20-31(24(5)6)36(29)40;2*1-2(3)4;/h9-10,13-24,39-40H,7-8,11-12H2,1-6H3;2*1H3,(H,3,4);/q;;;+2/p-2. The molecule has 0 saturated heterocycles. The van der Waals surface area contributed by atoms with Crippen molar-refractivity contribution in [3.63, 3.8) is 0 Å². The number of hydrogen-bond donors (Lipinski definition) is 2. The van der Waals surface area contributed by atoms with Crippen LogP contribution < -0.4 is 10.2 Å². The van der Waals surface area contributed by atoms with E-state index in [1.165, 1.54) is 11.1 Å². The SMILES string of the molecule is CC(=O)[O-].CC(=O)[O-].CCCc1cc(C=Nc2cccc3cccc(N=Cc4cc(CCC)cc(C(C)C)c4O)c23)c(O)c(C(C)C)c1.[Co+2]. The number of aliphatic imine (C=N–C) groups is 2. The first kappa shape index (κ1) is 42.5. The molecule has 4 aromatic rings. The van der Waals surface area contributed by atoms with Gasteiger partial charge in [-0.3, -0.25) is 9.98 Å². The maximum Gasteiger partial charge on any atom is 2.00 e. The number of phenolic OH excluding ortho intramolecular Hbond substituents is 2. The van der Waals surface area contributed by atoms with Gasteiger partial charge in [0.15, 0.2) is 0 Å². The molecule has 1 radical (unpaired) electrons. The topological polar surface area (TPSA) is 145 Å². The Labute approximate surface area is 300 Å². The number of carboxylic acid groups (broad SMARTS) is 2. The number of benzene rings is 4. The van der Waals surface area contributed by atoms with Gasteiger partial charge in [-0.25, -0.2) is 0 Å². The number of hydrogen-bond acceptors (Lipinski definition) is 8. The van der Waals surface area contributed by atoms with Gasteiger partial charge in [-0.2, -0.15) is 0 Å². The summed E-state index contributed by atoms with van der Waals surface area (Å²) in [6.07, 6.45) is 7.53. The Balaban J connectivity index is 0.00000120. The molecule has 0 aliphatic carbocycles. The molecule has 0 fully saturated rings. The van der Waals surface area contributed by atoms with Crippen molar-refractivity contribution < 1.29 is 46.8 Å². The third-order valence-electron chi connectivity index (χ3n) is 7.32. The van der Waals surface area contributed by atoms with Crippen molar-refractivity contribution in [3.8, 4) is 11.5 Å². The molecular weight excluding hydrogens is 663 g/mol. The van der Waals surface area contributed by atoms with Gasteiger partial charge in [-0.05, 0) is 90.4 Å². The quantitative estimate of drug-likeness (QED) is 0.164. The van der Waals surface area contributed by atoms with Gasteiger partial charge in [-0.1, -0.05) is 90.8 Å². The van der Waals surface area contributed by atoms with Crippen LogP contribution in [0.1, 0.15) is 113 Å². The number of aliphatic carboxylic acids is 2. The summed E-state index contributed by atoms with van der Waals surface area (Å²) in [5.41, 5.74) is 7.33. The van der Waals surface area contributed by atoms with E-state index in [1.54, 1.807) is 12.4 Å². The largest absolute Gasteiger partial charge is 2.00 e. The van der Waals surface area contributed by atoms with Gasteiger partial charge in [0, 0.05) is 40.9 Å². The van der Waals surface area contributed by atoms with E-state index in [0.717, 1.165) is 83.9 Å². The number of aromatic hydroxyl groups is 2. The van der Waals surface area contributed by atoms with E-state index < -0.39 is 11.9 Å². The molecule has 0 aliphatic rings. The zero-order valence-electron chi connectivity index (χ0n) is 29.7. The maximum atomic E-state index is 11.0. The Morgan fingerprint density at radius 1 is 0.694 bits per heavy atom. The summed E-state index contributed by atoms with van der Waals surface area (Å²) in [5, 5.41) is 41.8. The van der Waals surface area contributed by atoms with Crippen molar-refractivity contribution >= 4 is 46.5 Å². The molecule has 0 heterocycles. The van der Waals surface area contributed by atoms with E-state index in [4.69, 9.17) is 29.8 Å². The van der Waals surface area contributed by atoms with Gasteiger partial charge in [0.25, 0.3) is 0 Å². The molecule has 4 rings (SSSR count). The van der Waals surface area contributed by atoms with Crippen LogP contribution >= 0.6 is 0 Å². The fourth-order valence-corrected chi connectivity index (χ4v) is 5.23. The number of rotatable bonds is 10. The van der Waals surface area contributed by atoms with E-state index in [9.17, 15) is 10.2 Å². The number of carbonyl (C=O) groups excluding carboxylic acids is 2. The molecule has 0 amide bonds. The van der Waals surface area contributed by atoms with Crippen LogP contribution in [-0.2, 0) is 39.2 Å². The van der Waals surface area contributed by atoms with Gasteiger partial charge in [0.05, 0.1) is 11.4 Å². The molecule has 0 spiro atoms. The average molecular weight is 712 g/mol. The zero-order valence-corrected chi connectivity index (χ0v) is 30.7. The van der Waals surface area contributed by atoms with E-state index in [0.29, 0.717) is 11.5 Å². The minimum Gasteiger partial charge on any atom is -0.550 e. The second kappa shape index (κ2) is 20.8. The van der Waals surface area contributed by atoms with Crippen LogP contribution in [0.3, 0.4) is 0 Å². The second-order valence-electron chi connectivity index (χ2n) is 12.2. The number of carbonyl (C=O) groups is 2. The molecule has 0 atom stereocenters. The van der Waals surface area contributed by atoms with Gasteiger partial charge in [-0.15, -0.1) is 0 Å². The summed E-state index contributed by atoms with van der Waals surface area (Å²) < 4.78 is 0. The monoisotopic (exact) mass is 711 g/mol. The Morgan fingerprint density at radius 2 is 1.04 bits per heavy atom. The van der Waals surface area contributed by atoms with E-state index in [1.807, 2.05) is 36.4 Å². The molecule has 2 N–H and O–H groups in total. The smallest absolute Gasteiger partial charge is 0.550 e. The van der Waals surface area contributed by atoms with Crippen LogP contribution in [0, 0.1) is 0 Å². The van der Waals surface area contributed by atoms with E-state index in [-0.39, 0.29) is 28.6 Å². The van der Waals surface area contributed by atoms with Crippen LogP contribution in [0.15, 0.2) is 70.6 Å². The Hall–Kier alpha value is -4.47. The van der Waals surface area contributed by atoms with E-state index in [2.05, 4.69) is 65.8 Å². The molecule has 0 aromatic heterocycles. The van der Waals surface area contributed by atoms with Crippen molar-refractivity contribution in [2.24, 2.45) is 9.98 Å². The van der Waals surface area contributed by atoms with Gasteiger partial charge >= 0.3 is 16.8 Å². The van der Waals surface area contributed by atoms with Gasteiger partial charge < -0.3 is 30.0 Å². The number of aryl methyl sites for hydroxylation is 2. The molecular formula is C40H48CoN2O6. The molecule has 0 unspecified atom stereocenters. The zero-order chi connectivity index (χ0) is 36.0. The van der Waals surface area contributed by atoms with Crippen molar-refractivity contribution in [1.82, 2.24) is 0 Å². The average Bonchev–Trinajstić information content (AvgIpc) is 3.00. The molecule has 263 valence electrons. The number of fused-ring (bicyclic) bond motifs is 1. The Bertz CT molecular complexity index is 1630. The van der Waals surface area contributed by atoms with Crippen LogP contribution in [0.5, 0.6) is 11.5 Å². The Morgan fingerprint density at radius 3 is 1.35 bits per heavy atom. The summed E-state index contributed by atoms with van der Waals surface area (Å²) in [4.78, 5) is 27.5. The van der Waals surface area contributed by atoms with Gasteiger partial charge in [0.1, 0.15) is 11.5 Å². The molecule has 8 nitrogen and oxygen atoms in total. The Kier molecular flexibility index (Phi) is 18.1. The molecule has 0 bridgehead atoms. The summed E-state index contributed by atoms with van der Waals surface area (Å²) in [6, 6.07) is 20.3. The van der Waals surface area contributed by atoms with Crippen molar-refractivity contribution in [1.29, 1.82) is 0 Å².